The van der Waals surface area contributed by atoms with Gasteiger partial charge in [-0.05, 0) is 42.7 Å². The molecule has 4 heteroatoms. The number of rotatable bonds is 3. The molecule has 1 heterocycles. The molecule has 0 aromatic heterocycles. The molecule has 0 bridgehead atoms. The SMILES string of the molecule is O=C1CCCC2=C1C(/C=C/c1ccccc1)CC(=O)N2c1ccc(F)cc1. The van der Waals surface area contributed by atoms with Crippen LogP contribution in [0.2, 0.25) is 0 Å². The largest absolute Gasteiger partial charge is 0.294 e. The molecule has 27 heavy (non-hydrogen) atoms. The fourth-order valence-corrected chi connectivity index (χ4v) is 3.88. The van der Waals surface area contributed by atoms with E-state index in [1.807, 2.05) is 42.5 Å². The van der Waals surface area contributed by atoms with Gasteiger partial charge in [-0.3, -0.25) is 14.5 Å². The number of carbonyl (C=O) groups excluding carboxylic acids is 2. The first-order valence-electron chi connectivity index (χ1n) is 9.21. The predicted molar refractivity (Wildman–Crippen MR) is 103 cm³/mol. The van der Waals surface area contributed by atoms with Gasteiger partial charge in [0.2, 0.25) is 5.91 Å². The maximum atomic E-state index is 13.3. The Bertz CT molecular complexity index is 929. The number of amides is 1. The van der Waals surface area contributed by atoms with E-state index in [-0.39, 0.29) is 29.8 Å². The Morgan fingerprint density at radius 1 is 0.963 bits per heavy atom. The van der Waals surface area contributed by atoms with E-state index in [2.05, 4.69) is 0 Å². The van der Waals surface area contributed by atoms with Crippen molar-refractivity contribution in [3.8, 4) is 0 Å². The monoisotopic (exact) mass is 361 g/mol. The molecule has 0 saturated carbocycles. The summed E-state index contributed by atoms with van der Waals surface area (Å²) in [5, 5.41) is 0. The molecule has 2 aliphatic rings. The zero-order valence-electron chi connectivity index (χ0n) is 14.9. The van der Waals surface area contributed by atoms with E-state index in [9.17, 15) is 14.0 Å². The molecule has 0 fully saturated rings. The fourth-order valence-electron chi connectivity index (χ4n) is 3.88. The summed E-state index contributed by atoms with van der Waals surface area (Å²) in [7, 11) is 0. The molecule has 2 aromatic carbocycles. The third-order valence-corrected chi connectivity index (χ3v) is 5.12. The van der Waals surface area contributed by atoms with E-state index in [1.54, 1.807) is 17.0 Å². The van der Waals surface area contributed by atoms with Crippen LogP contribution in [0.15, 0.2) is 71.9 Å². The molecule has 4 rings (SSSR count). The Hall–Kier alpha value is -3.01. The van der Waals surface area contributed by atoms with Crippen LogP contribution in [-0.4, -0.2) is 11.7 Å². The highest BCUT2D eigenvalue weighted by molar-refractivity contribution is 6.06. The summed E-state index contributed by atoms with van der Waals surface area (Å²) in [5.74, 6) is -0.505. The Kier molecular flexibility index (Phi) is 4.71. The van der Waals surface area contributed by atoms with Crippen LogP contribution in [0.25, 0.3) is 6.08 Å². The average molecular weight is 361 g/mol. The summed E-state index contributed by atoms with van der Waals surface area (Å²) >= 11 is 0. The lowest BCUT2D eigenvalue weighted by Gasteiger charge is -2.37. The molecule has 3 nitrogen and oxygen atoms in total. The van der Waals surface area contributed by atoms with Gasteiger partial charge in [0, 0.05) is 35.7 Å². The number of carbonyl (C=O) groups is 2. The van der Waals surface area contributed by atoms with Crippen molar-refractivity contribution in [2.24, 2.45) is 5.92 Å². The van der Waals surface area contributed by atoms with Crippen LogP contribution in [0, 0.1) is 11.7 Å². The minimum Gasteiger partial charge on any atom is -0.294 e. The van der Waals surface area contributed by atoms with Gasteiger partial charge in [0.05, 0.1) is 0 Å². The minimum atomic E-state index is -0.346. The van der Waals surface area contributed by atoms with Crippen molar-refractivity contribution < 1.29 is 14.0 Å². The first-order chi connectivity index (χ1) is 13.1. The van der Waals surface area contributed by atoms with Gasteiger partial charge in [0.1, 0.15) is 5.82 Å². The van der Waals surface area contributed by atoms with Crippen LogP contribution in [0.3, 0.4) is 0 Å². The summed E-state index contributed by atoms with van der Waals surface area (Å²) in [4.78, 5) is 27.2. The van der Waals surface area contributed by atoms with E-state index >= 15 is 0 Å². The summed E-state index contributed by atoms with van der Waals surface area (Å²) in [6.45, 7) is 0. The second kappa shape index (κ2) is 7.31. The lowest BCUT2D eigenvalue weighted by atomic mass is 9.80. The molecular formula is C23H20FNO2. The number of hydrogen-bond donors (Lipinski definition) is 0. The van der Waals surface area contributed by atoms with E-state index < -0.39 is 0 Å². The fraction of sp³-hybridized carbons (Fsp3) is 0.217. The molecule has 0 N–H and O–H groups in total. The van der Waals surface area contributed by atoms with Crippen molar-refractivity contribution in [1.29, 1.82) is 0 Å². The van der Waals surface area contributed by atoms with Crippen molar-refractivity contribution in [2.75, 3.05) is 4.90 Å². The van der Waals surface area contributed by atoms with Gasteiger partial charge in [-0.2, -0.15) is 0 Å². The Morgan fingerprint density at radius 2 is 1.70 bits per heavy atom. The second-order valence-corrected chi connectivity index (χ2v) is 6.92. The van der Waals surface area contributed by atoms with Crippen LogP contribution < -0.4 is 4.90 Å². The van der Waals surface area contributed by atoms with Crippen LogP contribution in [0.4, 0.5) is 10.1 Å². The molecule has 0 spiro atoms. The number of benzene rings is 2. The summed E-state index contributed by atoms with van der Waals surface area (Å²) in [6, 6.07) is 15.7. The van der Waals surface area contributed by atoms with Crippen LogP contribution in [0.1, 0.15) is 31.2 Å². The first-order valence-corrected chi connectivity index (χ1v) is 9.21. The zero-order valence-corrected chi connectivity index (χ0v) is 14.9. The highest BCUT2D eigenvalue weighted by atomic mass is 19.1. The molecule has 0 radical (unpaired) electrons. The number of hydrogen-bond acceptors (Lipinski definition) is 2. The predicted octanol–water partition coefficient (Wildman–Crippen LogP) is 4.90. The third-order valence-electron chi connectivity index (χ3n) is 5.12. The van der Waals surface area contributed by atoms with Crippen molar-refractivity contribution >= 4 is 23.5 Å². The Balaban J connectivity index is 1.74. The number of Topliss-reactive ketones (excluding diaryl/α,β-unsaturated/α-hetero) is 1. The Labute approximate surface area is 157 Å². The lowest BCUT2D eigenvalue weighted by molar-refractivity contribution is -0.120. The standard InChI is InChI=1S/C23H20FNO2/c24-18-11-13-19(14-12-18)25-20-7-4-8-21(26)23(20)17(15-22(25)27)10-9-16-5-2-1-3-6-16/h1-3,5-6,9-14,17H,4,7-8,15H2/b10-9+. The van der Waals surface area contributed by atoms with Crippen LogP contribution >= 0.6 is 0 Å². The van der Waals surface area contributed by atoms with Gasteiger partial charge in [-0.15, -0.1) is 0 Å². The normalized spacial score (nSPS) is 20.3. The summed E-state index contributed by atoms with van der Waals surface area (Å²) < 4.78 is 13.3. The highest BCUT2D eigenvalue weighted by Gasteiger charge is 2.37. The van der Waals surface area contributed by atoms with Gasteiger partial charge in [-0.1, -0.05) is 42.5 Å². The molecule has 2 aromatic rings. The number of ketones is 1. The molecular weight excluding hydrogens is 341 g/mol. The molecule has 136 valence electrons. The van der Waals surface area contributed by atoms with Crippen molar-refractivity contribution in [1.82, 2.24) is 0 Å². The van der Waals surface area contributed by atoms with Gasteiger partial charge >= 0.3 is 0 Å². The number of allylic oxidation sites excluding steroid dienone is 3. The van der Waals surface area contributed by atoms with E-state index in [0.717, 1.165) is 23.3 Å². The van der Waals surface area contributed by atoms with E-state index in [1.165, 1.54) is 12.1 Å². The van der Waals surface area contributed by atoms with E-state index in [4.69, 9.17) is 0 Å². The van der Waals surface area contributed by atoms with Crippen molar-refractivity contribution in [3.05, 3.63) is 83.3 Å². The number of anilines is 1. The summed E-state index contributed by atoms with van der Waals surface area (Å²) in [6.07, 6.45) is 6.11. The quantitative estimate of drug-likeness (QED) is 0.780. The third kappa shape index (κ3) is 3.47. The molecule has 0 saturated heterocycles. The second-order valence-electron chi connectivity index (χ2n) is 6.92. The van der Waals surface area contributed by atoms with Crippen LogP contribution in [-0.2, 0) is 9.59 Å². The zero-order chi connectivity index (χ0) is 18.8. The average Bonchev–Trinajstić information content (AvgIpc) is 2.68. The lowest BCUT2D eigenvalue weighted by Crippen LogP contribution is -2.40. The first kappa shape index (κ1) is 17.4. The maximum absolute atomic E-state index is 13.3. The smallest absolute Gasteiger partial charge is 0.232 e. The number of nitrogens with zero attached hydrogens (tertiary/aromatic N) is 1. The minimum absolute atomic E-state index is 0.0576. The highest BCUT2D eigenvalue weighted by Crippen LogP contribution is 2.39. The van der Waals surface area contributed by atoms with Gasteiger partial charge in [0.15, 0.2) is 5.78 Å². The molecule has 1 amide bonds. The summed E-state index contributed by atoms with van der Waals surface area (Å²) in [5.41, 5.74) is 3.17. The number of halogens is 1. The molecule has 1 atom stereocenters. The maximum Gasteiger partial charge on any atom is 0.232 e. The Morgan fingerprint density at radius 3 is 2.44 bits per heavy atom. The van der Waals surface area contributed by atoms with Crippen molar-refractivity contribution in [2.45, 2.75) is 25.7 Å². The van der Waals surface area contributed by atoms with Crippen molar-refractivity contribution in [3.63, 3.8) is 0 Å². The van der Waals surface area contributed by atoms with Gasteiger partial charge in [0.25, 0.3) is 0 Å². The van der Waals surface area contributed by atoms with Crippen LogP contribution in [0.5, 0.6) is 0 Å². The topological polar surface area (TPSA) is 37.4 Å². The van der Waals surface area contributed by atoms with E-state index in [0.29, 0.717) is 18.5 Å². The molecule has 1 aliphatic carbocycles. The molecule has 1 aliphatic heterocycles. The molecule has 1 unspecified atom stereocenters. The van der Waals surface area contributed by atoms with Gasteiger partial charge < -0.3 is 0 Å². The van der Waals surface area contributed by atoms with Gasteiger partial charge in [-0.25, -0.2) is 4.39 Å².